The minimum Gasteiger partial charge on any atom is -0.379 e. The van der Waals surface area contributed by atoms with E-state index in [9.17, 15) is 0 Å². The van der Waals surface area contributed by atoms with Crippen LogP contribution in [0.5, 0.6) is 0 Å². The van der Waals surface area contributed by atoms with E-state index in [-0.39, 0.29) is 17.0 Å². The summed E-state index contributed by atoms with van der Waals surface area (Å²) in [5.41, 5.74) is 6.25. The monoisotopic (exact) mass is 214 g/mol. The van der Waals surface area contributed by atoms with Gasteiger partial charge >= 0.3 is 0 Å². The van der Waals surface area contributed by atoms with Crippen LogP contribution in [0, 0.1) is 5.41 Å². The lowest BCUT2D eigenvalue weighted by Crippen LogP contribution is -2.52. The Labute approximate surface area is 91.5 Å². The van der Waals surface area contributed by atoms with Gasteiger partial charge in [0.1, 0.15) is 0 Å². The summed E-state index contributed by atoms with van der Waals surface area (Å²) in [5.74, 6) is 0. The van der Waals surface area contributed by atoms with Gasteiger partial charge < -0.3 is 20.5 Å². The molecule has 3 N–H and O–H groups in total. The molecule has 0 aromatic heterocycles. The Morgan fingerprint density at radius 2 is 2.13 bits per heavy atom. The number of nitrogens with two attached hydrogens (primary N) is 1. The van der Waals surface area contributed by atoms with Gasteiger partial charge in [0.15, 0.2) is 0 Å². The Hall–Kier alpha value is -0.160. The van der Waals surface area contributed by atoms with Crippen LogP contribution in [-0.4, -0.2) is 44.6 Å². The fraction of sp³-hybridized carbons (Fsp3) is 1.00. The van der Waals surface area contributed by atoms with Crippen molar-refractivity contribution in [3.05, 3.63) is 0 Å². The molecule has 3 atom stereocenters. The van der Waals surface area contributed by atoms with E-state index < -0.39 is 0 Å². The van der Waals surface area contributed by atoms with Gasteiger partial charge in [0, 0.05) is 30.1 Å². The van der Waals surface area contributed by atoms with E-state index in [1.807, 2.05) is 0 Å². The second-order valence-corrected chi connectivity index (χ2v) is 5.49. The third-order valence-electron chi connectivity index (χ3n) is 3.76. The quantitative estimate of drug-likeness (QED) is 0.700. The SMILES string of the molecule is CC1(NCC2(C)COCC2N)CCOC1. The van der Waals surface area contributed by atoms with Gasteiger partial charge in [-0.1, -0.05) is 6.92 Å². The lowest BCUT2D eigenvalue weighted by Gasteiger charge is -2.32. The molecule has 0 bridgehead atoms. The molecule has 2 saturated heterocycles. The van der Waals surface area contributed by atoms with Gasteiger partial charge in [0.2, 0.25) is 0 Å². The first-order valence-electron chi connectivity index (χ1n) is 5.70. The first kappa shape index (κ1) is 11.3. The van der Waals surface area contributed by atoms with Crippen molar-refractivity contribution in [1.82, 2.24) is 5.32 Å². The standard InChI is InChI=1S/C11H22N2O2/c1-10(7-15-5-9(10)12)6-13-11(2)3-4-14-8-11/h9,13H,3-8,12H2,1-2H3. The third kappa shape index (κ3) is 2.33. The molecule has 0 radical (unpaired) electrons. The van der Waals surface area contributed by atoms with Gasteiger partial charge in [-0.05, 0) is 13.3 Å². The molecular formula is C11H22N2O2. The molecule has 15 heavy (non-hydrogen) atoms. The predicted octanol–water partition coefficient (Wildman–Crippen LogP) is 0.119. The Kier molecular flexibility index (Phi) is 3.03. The molecule has 0 aromatic carbocycles. The molecule has 2 rings (SSSR count). The zero-order valence-electron chi connectivity index (χ0n) is 9.71. The van der Waals surface area contributed by atoms with Crippen molar-refractivity contribution in [2.75, 3.05) is 33.0 Å². The Morgan fingerprint density at radius 3 is 2.67 bits per heavy atom. The molecule has 4 heteroatoms. The highest BCUT2D eigenvalue weighted by molar-refractivity contribution is 4.95. The van der Waals surface area contributed by atoms with Crippen molar-refractivity contribution in [3.8, 4) is 0 Å². The molecule has 0 aliphatic carbocycles. The van der Waals surface area contributed by atoms with E-state index in [0.717, 1.165) is 32.8 Å². The minimum absolute atomic E-state index is 0.0750. The number of ether oxygens (including phenoxy) is 2. The molecule has 0 aromatic rings. The highest BCUT2D eigenvalue weighted by Gasteiger charge is 2.40. The summed E-state index contributed by atoms with van der Waals surface area (Å²) in [6.07, 6.45) is 1.08. The lowest BCUT2D eigenvalue weighted by molar-refractivity contribution is 0.141. The molecular weight excluding hydrogens is 192 g/mol. The number of hydrogen-bond acceptors (Lipinski definition) is 4. The molecule has 0 saturated carbocycles. The summed E-state index contributed by atoms with van der Waals surface area (Å²) >= 11 is 0. The molecule has 2 heterocycles. The van der Waals surface area contributed by atoms with Crippen molar-refractivity contribution in [2.45, 2.75) is 31.8 Å². The van der Waals surface area contributed by atoms with Gasteiger partial charge in [-0.15, -0.1) is 0 Å². The van der Waals surface area contributed by atoms with Crippen LogP contribution in [0.1, 0.15) is 20.3 Å². The summed E-state index contributed by atoms with van der Waals surface area (Å²) in [5, 5.41) is 3.59. The van der Waals surface area contributed by atoms with Crippen LogP contribution >= 0.6 is 0 Å². The summed E-state index contributed by atoms with van der Waals surface area (Å²) in [6, 6.07) is 0.149. The highest BCUT2D eigenvalue weighted by Crippen LogP contribution is 2.28. The Balaban J connectivity index is 1.86. The van der Waals surface area contributed by atoms with Crippen LogP contribution in [0.15, 0.2) is 0 Å². The zero-order chi connectivity index (χ0) is 10.9. The Bertz CT molecular complexity index is 229. The van der Waals surface area contributed by atoms with Gasteiger partial charge in [-0.3, -0.25) is 0 Å². The van der Waals surface area contributed by atoms with Crippen molar-refractivity contribution < 1.29 is 9.47 Å². The van der Waals surface area contributed by atoms with Gasteiger partial charge in [0.25, 0.3) is 0 Å². The van der Waals surface area contributed by atoms with Crippen LogP contribution < -0.4 is 11.1 Å². The molecule has 4 nitrogen and oxygen atoms in total. The summed E-state index contributed by atoms with van der Waals surface area (Å²) < 4.78 is 10.8. The second kappa shape index (κ2) is 4.01. The zero-order valence-corrected chi connectivity index (χ0v) is 9.71. The molecule has 88 valence electrons. The van der Waals surface area contributed by atoms with Crippen LogP contribution in [-0.2, 0) is 9.47 Å². The lowest BCUT2D eigenvalue weighted by atomic mass is 9.84. The van der Waals surface area contributed by atoms with Crippen molar-refractivity contribution in [1.29, 1.82) is 0 Å². The number of rotatable bonds is 3. The van der Waals surface area contributed by atoms with Crippen LogP contribution in [0.2, 0.25) is 0 Å². The van der Waals surface area contributed by atoms with E-state index >= 15 is 0 Å². The minimum atomic E-state index is 0.0750. The molecule has 2 aliphatic rings. The second-order valence-electron chi connectivity index (χ2n) is 5.49. The predicted molar refractivity (Wildman–Crippen MR) is 58.7 cm³/mol. The fourth-order valence-electron chi connectivity index (χ4n) is 2.13. The van der Waals surface area contributed by atoms with Gasteiger partial charge in [-0.2, -0.15) is 0 Å². The van der Waals surface area contributed by atoms with E-state index in [2.05, 4.69) is 19.2 Å². The van der Waals surface area contributed by atoms with Crippen molar-refractivity contribution in [3.63, 3.8) is 0 Å². The third-order valence-corrected chi connectivity index (χ3v) is 3.76. The molecule has 3 unspecified atom stereocenters. The van der Waals surface area contributed by atoms with E-state index in [0.29, 0.717) is 6.61 Å². The molecule has 0 amide bonds. The molecule has 2 aliphatic heterocycles. The Morgan fingerprint density at radius 1 is 1.33 bits per heavy atom. The molecule has 2 fully saturated rings. The van der Waals surface area contributed by atoms with Crippen molar-refractivity contribution in [2.24, 2.45) is 11.1 Å². The summed E-state index contributed by atoms with van der Waals surface area (Å²) in [7, 11) is 0. The maximum Gasteiger partial charge on any atom is 0.0646 e. The van der Waals surface area contributed by atoms with Crippen molar-refractivity contribution >= 4 is 0 Å². The first-order valence-corrected chi connectivity index (χ1v) is 5.70. The summed E-state index contributed by atoms with van der Waals surface area (Å²) in [6.45, 7) is 8.43. The maximum absolute atomic E-state index is 6.04. The van der Waals surface area contributed by atoms with Crippen LogP contribution in [0.25, 0.3) is 0 Å². The average molecular weight is 214 g/mol. The normalized spacial score (nSPS) is 46.2. The van der Waals surface area contributed by atoms with Gasteiger partial charge in [-0.25, -0.2) is 0 Å². The van der Waals surface area contributed by atoms with E-state index in [1.165, 1.54) is 0 Å². The largest absolute Gasteiger partial charge is 0.379 e. The summed E-state index contributed by atoms with van der Waals surface area (Å²) in [4.78, 5) is 0. The topological polar surface area (TPSA) is 56.5 Å². The smallest absolute Gasteiger partial charge is 0.0646 e. The maximum atomic E-state index is 6.04. The average Bonchev–Trinajstić information content (AvgIpc) is 2.75. The van der Waals surface area contributed by atoms with Crippen LogP contribution in [0.3, 0.4) is 0 Å². The van der Waals surface area contributed by atoms with E-state index in [4.69, 9.17) is 15.2 Å². The molecule has 0 spiro atoms. The number of nitrogens with one attached hydrogen (secondary N) is 1. The fourth-order valence-corrected chi connectivity index (χ4v) is 2.13. The van der Waals surface area contributed by atoms with Crippen LogP contribution in [0.4, 0.5) is 0 Å². The van der Waals surface area contributed by atoms with E-state index in [1.54, 1.807) is 0 Å². The highest BCUT2D eigenvalue weighted by atomic mass is 16.5. The van der Waals surface area contributed by atoms with Gasteiger partial charge in [0.05, 0.1) is 19.8 Å². The first-order chi connectivity index (χ1) is 7.04. The number of hydrogen-bond donors (Lipinski definition) is 2.